The summed E-state index contributed by atoms with van der Waals surface area (Å²) in [6.07, 6.45) is 0. The van der Waals surface area contributed by atoms with Crippen molar-refractivity contribution < 1.29 is 0 Å². The summed E-state index contributed by atoms with van der Waals surface area (Å²) in [5.41, 5.74) is 3.12. The van der Waals surface area contributed by atoms with Gasteiger partial charge < -0.3 is 14.8 Å². The van der Waals surface area contributed by atoms with Crippen molar-refractivity contribution in [3.8, 4) is 6.07 Å². The topological polar surface area (TPSA) is 47.2 Å². The van der Waals surface area contributed by atoms with E-state index in [-0.39, 0.29) is 0 Å². The molecule has 1 atom stereocenters. The minimum atomic E-state index is 0.563. The summed E-state index contributed by atoms with van der Waals surface area (Å²) in [6.45, 7) is 7.27. The van der Waals surface area contributed by atoms with Gasteiger partial charge >= 0.3 is 0 Å². The summed E-state index contributed by atoms with van der Waals surface area (Å²) in [4.78, 5) is 4.81. The molecule has 2 rings (SSSR count). The Balaban J connectivity index is 1.88. The van der Waals surface area contributed by atoms with Crippen LogP contribution in [-0.2, 0) is 13.6 Å². The van der Waals surface area contributed by atoms with E-state index in [1.807, 2.05) is 17.7 Å². The van der Waals surface area contributed by atoms with Crippen molar-refractivity contribution >= 4 is 0 Å². The van der Waals surface area contributed by atoms with Crippen molar-refractivity contribution in [2.45, 2.75) is 19.5 Å². The van der Waals surface area contributed by atoms with Crippen LogP contribution < -0.4 is 5.32 Å². The van der Waals surface area contributed by atoms with Gasteiger partial charge in [0.15, 0.2) is 0 Å². The SMILES string of the molecule is Cc1c(CNCC2CN(C)CCN2C)cc(C#N)n1C. The standard InChI is InChI=1S/C15H25N5/c1-12-13(7-14(8-16)20(12)4)9-17-10-15-11-18(2)5-6-19(15)3/h7,15,17H,5-6,9-11H2,1-4H3. The smallest absolute Gasteiger partial charge is 0.120 e. The zero-order chi connectivity index (χ0) is 14.7. The molecule has 0 spiro atoms. The quantitative estimate of drug-likeness (QED) is 0.871. The zero-order valence-electron chi connectivity index (χ0n) is 13.0. The maximum Gasteiger partial charge on any atom is 0.120 e. The average molecular weight is 275 g/mol. The lowest BCUT2D eigenvalue weighted by Gasteiger charge is -2.37. The number of rotatable bonds is 4. The normalized spacial score (nSPS) is 21.1. The molecule has 1 saturated heterocycles. The second kappa shape index (κ2) is 6.40. The van der Waals surface area contributed by atoms with Gasteiger partial charge in [0.1, 0.15) is 11.8 Å². The van der Waals surface area contributed by atoms with Gasteiger partial charge in [0.05, 0.1) is 0 Å². The highest BCUT2D eigenvalue weighted by Gasteiger charge is 2.21. The molecule has 5 nitrogen and oxygen atoms in total. The third-order valence-corrected chi connectivity index (χ3v) is 4.43. The van der Waals surface area contributed by atoms with Crippen LogP contribution in [0.4, 0.5) is 0 Å². The molecule has 110 valence electrons. The van der Waals surface area contributed by atoms with Gasteiger partial charge in [-0.2, -0.15) is 5.26 Å². The molecule has 1 fully saturated rings. The zero-order valence-corrected chi connectivity index (χ0v) is 13.0. The number of hydrogen-bond donors (Lipinski definition) is 1. The van der Waals surface area contributed by atoms with Crippen molar-refractivity contribution in [1.82, 2.24) is 19.7 Å². The van der Waals surface area contributed by atoms with E-state index in [1.54, 1.807) is 0 Å². The van der Waals surface area contributed by atoms with Crippen molar-refractivity contribution in [1.29, 1.82) is 5.26 Å². The molecular weight excluding hydrogens is 250 g/mol. The molecule has 1 aliphatic rings. The third kappa shape index (κ3) is 3.21. The van der Waals surface area contributed by atoms with Gasteiger partial charge in [-0.15, -0.1) is 0 Å². The van der Waals surface area contributed by atoms with E-state index in [4.69, 9.17) is 5.26 Å². The van der Waals surface area contributed by atoms with Crippen molar-refractivity contribution in [2.75, 3.05) is 40.3 Å². The van der Waals surface area contributed by atoms with Crippen LogP contribution in [-0.4, -0.2) is 60.7 Å². The summed E-state index contributed by atoms with van der Waals surface area (Å²) in [6, 6.07) is 4.78. The Bertz CT molecular complexity index is 499. The molecule has 1 aromatic heterocycles. The first-order valence-corrected chi connectivity index (χ1v) is 7.17. The van der Waals surface area contributed by atoms with Gasteiger partial charge in [-0.25, -0.2) is 0 Å². The second-order valence-electron chi connectivity index (χ2n) is 5.84. The molecular formula is C15H25N5. The number of hydrogen-bond acceptors (Lipinski definition) is 4. The first-order chi connectivity index (χ1) is 9.52. The molecule has 2 heterocycles. The highest BCUT2D eigenvalue weighted by Crippen LogP contribution is 2.13. The minimum absolute atomic E-state index is 0.563. The van der Waals surface area contributed by atoms with E-state index in [1.165, 1.54) is 11.3 Å². The number of nitrogens with zero attached hydrogens (tertiary/aromatic N) is 4. The summed E-state index contributed by atoms with van der Waals surface area (Å²) in [7, 11) is 6.32. The lowest BCUT2D eigenvalue weighted by molar-refractivity contribution is 0.113. The third-order valence-electron chi connectivity index (χ3n) is 4.43. The molecule has 0 amide bonds. The molecule has 0 aromatic carbocycles. The van der Waals surface area contributed by atoms with E-state index < -0.39 is 0 Å². The van der Waals surface area contributed by atoms with E-state index in [9.17, 15) is 0 Å². The Hall–Kier alpha value is -1.35. The van der Waals surface area contributed by atoms with Gasteiger partial charge in [0, 0.05) is 51.5 Å². The van der Waals surface area contributed by atoms with E-state index in [2.05, 4.69) is 42.2 Å². The van der Waals surface area contributed by atoms with Crippen LogP contribution in [0.2, 0.25) is 0 Å². The van der Waals surface area contributed by atoms with Gasteiger partial charge in [0.25, 0.3) is 0 Å². The van der Waals surface area contributed by atoms with E-state index in [0.29, 0.717) is 6.04 Å². The molecule has 1 aromatic rings. The second-order valence-corrected chi connectivity index (χ2v) is 5.84. The highest BCUT2D eigenvalue weighted by molar-refractivity contribution is 5.34. The molecule has 1 N–H and O–H groups in total. The highest BCUT2D eigenvalue weighted by atomic mass is 15.3. The number of likely N-dealkylation sites (N-methyl/N-ethyl adjacent to an activating group) is 2. The molecule has 0 saturated carbocycles. The summed E-state index contributed by atoms with van der Waals surface area (Å²) in [5.74, 6) is 0. The maximum atomic E-state index is 9.05. The monoisotopic (exact) mass is 275 g/mol. The number of piperazine rings is 1. The predicted octanol–water partition coefficient (Wildman–Crippen LogP) is 0.541. The number of aromatic nitrogens is 1. The fourth-order valence-electron chi connectivity index (χ4n) is 2.74. The Kier molecular flexibility index (Phi) is 4.81. The van der Waals surface area contributed by atoms with Crippen LogP contribution in [0.3, 0.4) is 0 Å². The van der Waals surface area contributed by atoms with Crippen LogP contribution in [0.1, 0.15) is 17.0 Å². The fourth-order valence-corrected chi connectivity index (χ4v) is 2.74. The molecule has 1 unspecified atom stereocenters. The molecule has 1 aliphatic heterocycles. The van der Waals surface area contributed by atoms with Crippen molar-refractivity contribution in [3.05, 3.63) is 23.0 Å². The van der Waals surface area contributed by atoms with Gasteiger partial charge in [-0.05, 0) is 32.6 Å². The summed E-state index contributed by atoms with van der Waals surface area (Å²) >= 11 is 0. The van der Waals surface area contributed by atoms with Crippen LogP contribution in [0.25, 0.3) is 0 Å². The van der Waals surface area contributed by atoms with Crippen molar-refractivity contribution in [3.63, 3.8) is 0 Å². The van der Waals surface area contributed by atoms with Crippen LogP contribution in [0, 0.1) is 18.3 Å². The molecule has 0 radical (unpaired) electrons. The summed E-state index contributed by atoms with van der Waals surface area (Å²) < 4.78 is 1.96. The van der Waals surface area contributed by atoms with Gasteiger partial charge in [-0.1, -0.05) is 0 Å². The van der Waals surface area contributed by atoms with Crippen LogP contribution in [0.5, 0.6) is 0 Å². The van der Waals surface area contributed by atoms with Gasteiger partial charge in [-0.3, -0.25) is 4.90 Å². The lowest BCUT2D eigenvalue weighted by atomic mass is 10.1. The lowest BCUT2D eigenvalue weighted by Crippen LogP contribution is -2.53. The minimum Gasteiger partial charge on any atom is -0.340 e. The molecule has 0 aliphatic carbocycles. The fraction of sp³-hybridized carbons (Fsp3) is 0.667. The maximum absolute atomic E-state index is 9.05. The van der Waals surface area contributed by atoms with Crippen molar-refractivity contribution in [2.24, 2.45) is 7.05 Å². The number of nitrogens with one attached hydrogen (secondary N) is 1. The predicted molar refractivity (Wildman–Crippen MR) is 80.5 cm³/mol. The largest absolute Gasteiger partial charge is 0.340 e. The molecule has 20 heavy (non-hydrogen) atoms. The Labute approximate surface area is 121 Å². The van der Waals surface area contributed by atoms with E-state index in [0.717, 1.165) is 38.4 Å². The van der Waals surface area contributed by atoms with Crippen LogP contribution >= 0.6 is 0 Å². The molecule has 0 bridgehead atoms. The Morgan fingerprint density at radius 1 is 1.35 bits per heavy atom. The van der Waals surface area contributed by atoms with Crippen LogP contribution in [0.15, 0.2) is 6.07 Å². The Morgan fingerprint density at radius 3 is 2.75 bits per heavy atom. The summed E-state index contributed by atoms with van der Waals surface area (Å²) in [5, 5.41) is 12.6. The average Bonchev–Trinajstić information content (AvgIpc) is 2.70. The first kappa shape index (κ1) is 15.0. The molecule has 5 heteroatoms. The Morgan fingerprint density at radius 2 is 2.10 bits per heavy atom. The number of nitriles is 1. The van der Waals surface area contributed by atoms with Gasteiger partial charge in [0.2, 0.25) is 0 Å². The van der Waals surface area contributed by atoms with E-state index >= 15 is 0 Å². The first-order valence-electron chi connectivity index (χ1n) is 7.17.